The van der Waals surface area contributed by atoms with Gasteiger partial charge < -0.3 is 4.90 Å². The normalized spacial score (nSPS) is 11.2. The topological polar surface area (TPSA) is 109 Å². The molecule has 0 saturated carbocycles. The lowest BCUT2D eigenvalue weighted by Gasteiger charge is -2.24. The van der Waals surface area contributed by atoms with Crippen LogP contribution < -0.4 is 4.31 Å². The van der Waals surface area contributed by atoms with Gasteiger partial charge in [0.1, 0.15) is 16.5 Å². The van der Waals surface area contributed by atoms with Crippen molar-refractivity contribution in [2.24, 2.45) is 0 Å². The van der Waals surface area contributed by atoms with Crippen molar-refractivity contribution >= 4 is 94.7 Å². The van der Waals surface area contributed by atoms with Gasteiger partial charge in [-0.1, -0.05) is 87.5 Å². The Morgan fingerprint density at radius 2 is 1.06 bits per heavy atom. The molecule has 0 N–H and O–H groups in total. The number of hydrogen-bond acceptors (Lipinski definition) is 7. The molecule has 0 atom stereocenters. The van der Waals surface area contributed by atoms with Crippen LogP contribution in [0.3, 0.4) is 0 Å². The lowest BCUT2D eigenvalue weighted by atomic mass is 10.2. The second-order valence-corrected chi connectivity index (χ2v) is 17.3. The molecule has 23 heteroatoms. The average molecular weight is 1040 g/mol. The van der Waals surface area contributed by atoms with Gasteiger partial charge >= 0.3 is 12.4 Å². The van der Waals surface area contributed by atoms with Crippen molar-refractivity contribution in [1.29, 1.82) is 0 Å². The van der Waals surface area contributed by atoms with Crippen molar-refractivity contribution in [3.8, 4) is 0 Å². The molecule has 0 bridgehead atoms. The zero-order valence-corrected chi connectivity index (χ0v) is 38.7. The van der Waals surface area contributed by atoms with E-state index in [4.69, 9.17) is 58.0 Å². The van der Waals surface area contributed by atoms with Gasteiger partial charge in [-0.15, -0.1) is 23.2 Å². The summed E-state index contributed by atoms with van der Waals surface area (Å²) in [4.78, 5) is 22.0. The predicted molar refractivity (Wildman–Crippen MR) is 233 cm³/mol. The Labute approximate surface area is 385 Å². The molecule has 0 aliphatic carbocycles. The zero-order chi connectivity index (χ0) is 48.9. The SMILES string of the molecule is C=CC(=O)Cl.C=CC(=O)N(c1ccc(F)cc1Cl)S(=O)(=O)c1ccccc1C(F)(F)F.CCN(CC)CC.ClCCl.O=S(=O)(Cc1ccc(F)cc1Cl)c1ccccc1C(F)(F)F. The molecule has 348 valence electrons. The quantitative estimate of drug-likeness (QED) is 0.0637. The van der Waals surface area contributed by atoms with Crippen molar-refractivity contribution in [1.82, 2.24) is 4.90 Å². The Balaban J connectivity index is 0.000000930. The summed E-state index contributed by atoms with van der Waals surface area (Å²) in [6.07, 6.45) is -8.15. The van der Waals surface area contributed by atoms with Crippen molar-refractivity contribution in [2.45, 2.75) is 48.7 Å². The van der Waals surface area contributed by atoms with Crippen LogP contribution in [0.2, 0.25) is 10.0 Å². The minimum absolute atomic E-state index is 0.0278. The van der Waals surface area contributed by atoms with E-state index >= 15 is 0 Å². The molecule has 0 aliphatic heterocycles. The number of carbonyl (C=O) groups excluding carboxylic acids is 2. The predicted octanol–water partition coefficient (Wildman–Crippen LogP) is 12.6. The standard InChI is InChI=1S/C16H10ClF4NO3S.C14H9ClF4O2S.C6H15N.C3H3ClO.CH2Cl2/c1-2-15(23)22(13-8-7-10(18)9-12(13)17)26(24,25)14-6-4-3-5-11(14)16(19,20)21;15-12-7-10(16)6-5-9(12)8-22(20,21)13-4-2-1-3-11(13)14(17,18)19;1-4-7(5-2)6-3;1-2-3(4)5;2-1-3/h2-9H,1H2;1-7H,8H2;4-6H2,1-3H3;2H,1H2;1H2. The molecule has 0 unspecified atom stereocenters. The maximum absolute atomic E-state index is 13.2. The van der Waals surface area contributed by atoms with Crippen LogP contribution >= 0.6 is 58.0 Å². The third kappa shape index (κ3) is 19.5. The molecule has 0 fully saturated rings. The Hall–Kier alpha value is -3.75. The molecular formula is C40H39Cl5F8N2O6S2. The molecule has 0 radical (unpaired) electrons. The number of rotatable bonds is 11. The Bertz CT molecular complexity index is 2360. The molecule has 8 nitrogen and oxygen atoms in total. The van der Waals surface area contributed by atoms with Gasteiger partial charge in [-0.2, -0.15) is 30.6 Å². The van der Waals surface area contributed by atoms with E-state index in [0.29, 0.717) is 24.3 Å². The van der Waals surface area contributed by atoms with E-state index in [1.807, 2.05) is 0 Å². The number of halogens is 13. The minimum atomic E-state index is -5.03. The van der Waals surface area contributed by atoms with E-state index in [1.54, 1.807) is 0 Å². The van der Waals surface area contributed by atoms with Gasteiger partial charge in [0, 0.05) is 5.02 Å². The van der Waals surface area contributed by atoms with Crippen LogP contribution in [0, 0.1) is 11.6 Å². The van der Waals surface area contributed by atoms with Crippen LogP contribution in [0.15, 0.2) is 120 Å². The number of allylic oxidation sites excluding steroid dienone is 1. The summed E-state index contributed by atoms with van der Waals surface area (Å²) in [7, 11) is -9.32. The second kappa shape index (κ2) is 27.5. The zero-order valence-electron chi connectivity index (χ0n) is 33.3. The summed E-state index contributed by atoms with van der Waals surface area (Å²) in [6, 6.07) is 12.7. The van der Waals surface area contributed by atoms with Crippen molar-refractivity contribution in [2.75, 3.05) is 29.3 Å². The third-order valence-electron chi connectivity index (χ3n) is 7.60. The van der Waals surface area contributed by atoms with Crippen molar-refractivity contribution < 1.29 is 61.5 Å². The molecule has 0 spiro atoms. The summed E-state index contributed by atoms with van der Waals surface area (Å²) in [5.74, 6) is -3.49. The smallest absolute Gasteiger partial charge is 0.304 e. The van der Waals surface area contributed by atoms with Gasteiger partial charge in [0.15, 0.2) is 9.84 Å². The highest BCUT2D eigenvalue weighted by Gasteiger charge is 2.41. The molecule has 0 saturated heterocycles. The second-order valence-electron chi connectivity index (χ2n) is 11.6. The van der Waals surface area contributed by atoms with Crippen molar-refractivity contribution in [3.05, 3.63) is 149 Å². The van der Waals surface area contributed by atoms with E-state index in [1.165, 1.54) is 25.7 Å². The molecular weight excluding hydrogens is 998 g/mol. The minimum Gasteiger partial charge on any atom is -0.304 e. The summed E-state index contributed by atoms with van der Waals surface area (Å²) in [5, 5.41) is -0.952. The van der Waals surface area contributed by atoms with Crippen LogP contribution in [-0.4, -0.2) is 57.9 Å². The van der Waals surface area contributed by atoms with E-state index in [-0.39, 0.29) is 20.2 Å². The monoisotopic (exact) mass is 1030 g/mol. The molecule has 4 rings (SSSR count). The molecule has 4 aromatic carbocycles. The number of hydrogen-bond donors (Lipinski definition) is 0. The molecule has 0 aliphatic rings. The van der Waals surface area contributed by atoms with Crippen LogP contribution in [0.4, 0.5) is 40.8 Å². The highest BCUT2D eigenvalue weighted by molar-refractivity contribution is 7.93. The lowest BCUT2D eigenvalue weighted by molar-refractivity contribution is -0.140. The van der Waals surface area contributed by atoms with E-state index in [0.717, 1.165) is 66.7 Å². The number of sulfonamides is 1. The Morgan fingerprint density at radius 3 is 1.43 bits per heavy atom. The number of anilines is 1. The van der Waals surface area contributed by atoms with Gasteiger partial charge in [0.25, 0.3) is 15.9 Å². The summed E-state index contributed by atoms with van der Waals surface area (Å²) < 4.78 is 155. The fourth-order valence-electron chi connectivity index (χ4n) is 4.68. The highest BCUT2D eigenvalue weighted by Crippen LogP contribution is 2.38. The summed E-state index contributed by atoms with van der Waals surface area (Å²) in [5.41, 5.74) is -3.18. The number of sulfone groups is 1. The van der Waals surface area contributed by atoms with E-state index in [9.17, 15) is 61.5 Å². The van der Waals surface area contributed by atoms with Gasteiger partial charge in [-0.05, 0) is 104 Å². The lowest BCUT2D eigenvalue weighted by Crippen LogP contribution is -2.37. The van der Waals surface area contributed by atoms with Gasteiger partial charge in [-0.3, -0.25) is 9.59 Å². The van der Waals surface area contributed by atoms with E-state index in [2.05, 4.69) is 38.8 Å². The average Bonchev–Trinajstić information content (AvgIpc) is 3.21. The van der Waals surface area contributed by atoms with Crippen LogP contribution in [-0.2, 0) is 47.6 Å². The fourth-order valence-corrected chi connectivity index (χ4v) is 8.56. The Morgan fingerprint density at radius 1 is 0.667 bits per heavy atom. The number of amides is 1. The van der Waals surface area contributed by atoms with Gasteiger partial charge in [-0.25, -0.2) is 25.6 Å². The first-order valence-electron chi connectivity index (χ1n) is 17.5. The molecule has 4 aromatic rings. The maximum atomic E-state index is 13.2. The largest absolute Gasteiger partial charge is 0.417 e. The van der Waals surface area contributed by atoms with Crippen LogP contribution in [0.1, 0.15) is 37.5 Å². The molecule has 1 amide bonds. The summed E-state index contributed by atoms with van der Waals surface area (Å²) >= 11 is 25.8. The molecule has 0 heterocycles. The van der Waals surface area contributed by atoms with Gasteiger partial charge in [0.05, 0.1) is 37.8 Å². The summed E-state index contributed by atoms with van der Waals surface area (Å²) in [6.45, 7) is 16.3. The fraction of sp³-hybridized carbons (Fsp3) is 0.250. The first kappa shape index (κ1) is 59.2. The van der Waals surface area contributed by atoms with Crippen LogP contribution in [0.5, 0.6) is 0 Å². The maximum Gasteiger partial charge on any atom is 0.417 e. The first-order chi connectivity index (χ1) is 29.1. The first-order valence-corrected chi connectivity index (χ1v) is 22.8. The Kier molecular flexibility index (Phi) is 25.9. The molecule has 63 heavy (non-hydrogen) atoms. The molecule has 0 aromatic heterocycles. The number of alkyl halides is 8. The van der Waals surface area contributed by atoms with E-state index < -0.39 is 92.4 Å². The number of nitrogens with zero attached hydrogens (tertiary/aromatic N) is 2. The number of carbonyl (C=O) groups is 2. The van der Waals surface area contributed by atoms with Gasteiger partial charge in [0.2, 0.25) is 5.24 Å². The number of benzene rings is 4. The van der Waals surface area contributed by atoms with Crippen LogP contribution in [0.25, 0.3) is 0 Å². The van der Waals surface area contributed by atoms with Crippen molar-refractivity contribution in [3.63, 3.8) is 0 Å². The highest BCUT2D eigenvalue weighted by atomic mass is 35.5. The third-order valence-corrected chi connectivity index (χ3v) is 11.9.